The monoisotopic (exact) mass is 273 g/mol. The van der Waals surface area contributed by atoms with Crippen LogP contribution in [0.5, 0.6) is 11.5 Å². The molecular weight excluding hydrogens is 254 g/mol. The van der Waals surface area contributed by atoms with Crippen molar-refractivity contribution in [3.8, 4) is 11.5 Å². The first kappa shape index (κ1) is 13.1. The van der Waals surface area contributed by atoms with Crippen LogP contribution in [-0.2, 0) is 6.42 Å². The fourth-order valence-electron chi connectivity index (χ4n) is 2.48. The number of furan rings is 1. The highest BCUT2D eigenvalue weighted by Gasteiger charge is 2.17. The molecular formula is C16H19NO3. The Morgan fingerprint density at radius 1 is 1.15 bits per heavy atom. The van der Waals surface area contributed by atoms with Crippen molar-refractivity contribution in [2.45, 2.75) is 19.4 Å². The molecule has 1 N–H and O–H groups in total. The van der Waals surface area contributed by atoms with Crippen molar-refractivity contribution in [2.75, 3.05) is 19.8 Å². The van der Waals surface area contributed by atoms with Crippen LogP contribution in [0.4, 0.5) is 0 Å². The molecule has 0 radical (unpaired) electrons. The molecule has 4 heteroatoms. The molecule has 2 aromatic rings. The SMILES string of the molecule is CCNC(Cc1ccoc1)c1ccc2c(c1)OCCO2. The van der Waals surface area contributed by atoms with Gasteiger partial charge in [0.1, 0.15) is 13.2 Å². The van der Waals surface area contributed by atoms with Crippen molar-refractivity contribution >= 4 is 0 Å². The Hall–Kier alpha value is -1.94. The van der Waals surface area contributed by atoms with E-state index >= 15 is 0 Å². The van der Waals surface area contributed by atoms with Gasteiger partial charge in [-0.2, -0.15) is 0 Å². The number of hydrogen-bond donors (Lipinski definition) is 1. The molecule has 1 aromatic heterocycles. The molecule has 0 bridgehead atoms. The lowest BCUT2D eigenvalue weighted by Gasteiger charge is -2.22. The zero-order valence-electron chi connectivity index (χ0n) is 11.6. The van der Waals surface area contributed by atoms with Gasteiger partial charge in [-0.05, 0) is 42.3 Å². The van der Waals surface area contributed by atoms with Crippen molar-refractivity contribution in [3.05, 3.63) is 47.9 Å². The van der Waals surface area contributed by atoms with Gasteiger partial charge >= 0.3 is 0 Å². The van der Waals surface area contributed by atoms with Crippen LogP contribution < -0.4 is 14.8 Å². The summed E-state index contributed by atoms with van der Waals surface area (Å²) in [5.41, 5.74) is 2.39. The zero-order chi connectivity index (χ0) is 13.8. The molecule has 3 rings (SSSR count). The van der Waals surface area contributed by atoms with Gasteiger partial charge in [0.05, 0.1) is 12.5 Å². The van der Waals surface area contributed by atoms with E-state index in [-0.39, 0.29) is 6.04 Å². The summed E-state index contributed by atoms with van der Waals surface area (Å²) in [6, 6.07) is 8.41. The second-order valence-corrected chi connectivity index (χ2v) is 4.85. The van der Waals surface area contributed by atoms with Gasteiger partial charge in [0, 0.05) is 6.04 Å². The highest BCUT2D eigenvalue weighted by atomic mass is 16.6. The summed E-state index contributed by atoms with van der Waals surface area (Å²) >= 11 is 0. The fourth-order valence-corrected chi connectivity index (χ4v) is 2.48. The number of benzene rings is 1. The Labute approximate surface area is 118 Å². The molecule has 1 aliphatic rings. The number of nitrogens with one attached hydrogen (secondary N) is 1. The first-order valence-electron chi connectivity index (χ1n) is 7.01. The Morgan fingerprint density at radius 2 is 2.00 bits per heavy atom. The topological polar surface area (TPSA) is 43.6 Å². The largest absolute Gasteiger partial charge is 0.486 e. The first-order chi connectivity index (χ1) is 9.86. The van der Waals surface area contributed by atoms with Crippen molar-refractivity contribution in [1.29, 1.82) is 0 Å². The zero-order valence-corrected chi connectivity index (χ0v) is 11.6. The van der Waals surface area contributed by atoms with Crippen LogP contribution in [0.2, 0.25) is 0 Å². The summed E-state index contributed by atoms with van der Waals surface area (Å²) in [7, 11) is 0. The predicted molar refractivity (Wildman–Crippen MR) is 76.3 cm³/mol. The number of likely N-dealkylation sites (N-methyl/N-ethyl adjacent to an activating group) is 1. The van der Waals surface area contributed by atoms with E-state index in [1.54, 1.807) is 12.5 Å². The smallest absolute Gasteiger partial charge is 0.161 e. The minimum Gasteiger partial charge on any atom is -0.486 e. The average molecular weight is 273 g/mol. The molecule has 0 spiro atoms. The third kappa shape index (κ3) is 2.80. The summed E-state index contributed by atoms with van der Waals surface area (Å²) in [4.78, 5) is 0. The van der Waals surface area contributed by atoms with Gasteiger partial charge < -0.3 is 19.2 Å². The Morgan fingerprint density at radius 3 is 2.75 bits per heavy atom. The van der Waals surface area contributed by atoms with E-state index in [0.717, 1.165) is 24.5 Å². The van der Waals surface area contributed by atoms with Crippen molar-refractivity contribution in [2.24, 2.45) is 0 Å². The van der Waals surface area contributed by atoms with E-state index in [2.05, 4.69) is 24.4 Å². The summed E-state index contributed by atoms with van der Waals surface area (Å²) in [5, 5.41) is 3.51. The van der Waals surface area contributed by atoms with Gasteiger partial charge in [-0.15, -0.1) is 0 Å². The highest BCUT2D eigenvalue weighted by molar-refractivity contribution is 5.45. The number of fused-ring (bicyclic) bond motifs is 1. The van der Waals surface area contributed by atoms with E-state index in [0.29, 0.717) is 13.2 Å². The molecule has 1 atom stereocenters. The molecule has 0 fully saturated rings. The lowest BCUT2D eigenvalue weighted by Crippen LogP contribution is -2.23. The Kier molecular flexibility index (Phi) is 3.92. The van der Waals surface area contributed by atoms with E-state index in [4.69, 9.17) is 13.9 Å². The second kappa shape index (κ2) is 6.01. The van der Waals surface area contributed by atoms with Gasteiger partial charge in [-0.3, -0.25) is 0 Å². The fraction of sp³-hybridized carbons (Fsp3) is 0.375. The Bertz CT molecular complexity index is 551. The molecule has 0 saturated heterocycles. The van der Waals surface area contributed by atoms with Gasteiger partial charge in [0.25, 0.3) is 0 Å². The normalized spacial score (nSPS) is 15.1. The summed E-state index contributed by atoms with van der Waals surface area (Å²) in [6.07, 6.45) is 4.40. The number of hydrogen-bond acceptors (Lipinski definition) is 4. The van der Waals surface area contributed by atoms with E-state index in [1.807, 2.05) is 12.1 Å². The Balaban J connectivity index is 1.83. The summed E-state index contributed by atoms with van der Waals surface area (Å²) in [5.74, 6) is 1.67. The molecule has 4 nitrogen and oxygen atoms in total. The maximum Gasteiger partial charge on any atom is 0.161 e. The first-order valence-corrected chi connectivity index (χ1v) is 7.01. The summed E-state index contributed by atoms with van der Waals surface area (Å²) in [6.45, 7) is 4.26. The molecule has 2 heterocycles. The van der Waals surface area contributed by atoms with Crippen molar-refractivity contribution < 1.29 is 13.9 Å². The quantitative estimate of drug-likeness (QED) is 0.909. The van der Waals surface area contributed by atoms with Crippen LogP contribution >= 0.6 is 0 Å². The predicted octanol–water partition coefficient (Wildman–Crippen LogP) is 2.94. The van der Waals surface area contributed by atoms with Crippen molar-refractivity contribution in [3.63, 3.8) is 0 Å². The van der Waals surface area contributed by atoms with E-state index < -0.39 is 0 Å². The molecule has 106 valence electrons. The van der Waals surface area contributed by atoms with Crippen molar-refractivity contribution in [1.82, 2.24) is 5.32 Å². The standard InChI is InChI=1S/C16H19NO3/c1-2-17-14(9-12-5-6-18-11-12)13-3-4-15-16(10-13)20-8-7-19-15/h3-6,10-11,14,17H,2,7-9H2,1H3. The lowest BCUT2D eigenvalue weighted by atomic mass is 10.00. The molecule has 0 aliphatic carbocycles. The number of ether oxygens (including phenoxy) is 2. The van der Waals surface area contributed by atoms with E-state index in [9.17, 15) is 0 Å². The maximum absolute atomic E-state index is 5.66. The molecule has 1 aliphatic heterocycles. The third-order valence-corrected chi connectivity index (χ3v) is 3.44. The van der Waals surface area contributed by atoms with Crippen LogP contribution in [0.15, 0.2) is 41.2 Å². The molecule has 1 aromatic carbocycles. The third-order valence-electron chi connectivity index (χ3n) is 3.44. The van der Waals surface area contributed by atoms with Crippen LogP contribution in [0.3, 0.4) is 0 Å². The van der Waals surface area contributed by atoms with Crippen LogP contribution in [0.1, 0.15) is 24.1 Å². The maximum atomic E-state index is 5.66. The average Bonchev–Trinajstić information content (AvgIpc) is 2.99. The highest BCUT2D eigenvalue weighted by Crippen LogP contribution is 2.33. The van der Waals surface area contributed by atoms with Gasteiger partial charge in [-0.1, -0.05) is 13.0 Å². The van der Waals surface area contributed by atoms with Crippen LogP contribution in [0, 0.1) is 0 Å². The van der Waals surface area contributed by atoms with Gasteiger partial charge in [0.15, 0.2) is 11.5 Å². The summed E-state index contributed by atoms with van der Waals surface area (Å²) < 4.78 is 16.4. The molecule has 0 saturated carbocycles. The number of rotatable bonds is 5. The molecule has 1 unspecified atom stereocenters. The minimum absolute atomic E-state index is 0.244. The van der Waals surface area contributed by atoms with E-state index in [1.165, 1.54) is 11.1 Å². The lowest BCUT2D eigenvalue weighted by molar-refractivity contribution is 0.171. The minimum atomic E-state index is 0.244. The van der Waals surface area contributed by atoms with Gasteiger partial charge in [0.2, 0.25) is 0 Å². The molecule has 20 heavy (non-hydrogen) atoms. The second-order valence-electron chi connectivity index (χ2n) is 4.85. The van der Waals surface area contributed by atoms with Crippen LogP contribution in [0.25, 0.3) is 0 Å². The molecule has 0 amide bonds. The van der Waals surface area contributed by atoms with Gasteiger partial charge in [-0.25, -0.2) is 0 Å². The van der Waals surface area contributed by atoms with Crippen LogP contribution in [-0.4, -0.2) is 19.8 Å².